The van der Waals surface area contributed by atoms with Gasteiger partial charge in [0.2, 0.25) is 11.8 Å². The molecule has 2 atom stereocenters. The topological polar surface area (TPSA) is 77.9 Å². The van der Waals surface area contributed by atoms with Crippen LogP contribution in [0.3, 0.4) is 0 Å². The quantitative estimate of drug-likeness (QED) is 0.770. The second kappa shape index (κ2) is 5.84. The van der Waals surface area contributed by atoms with Crippen molar-refractivity contribution in [2.24, 2.45) is 11.8 Å². The fourth-order valence-corrected chi connectivity index (χ4v) is 2.26. The van der Waals surface area contributed by atoms with Crippen LogP contribution in [-0.4, -0.2) is 60.4 Å². The molecule has 0 radical (unpaired) electrons. The molecule has 0 unspecified atom stereocenters. The van der Waals surface area contributed by atoms with Gasteiger partial charge in [-0.3, -0.25) is 14.4 Å². The first-order valence-electron chi connectivity index (χ1n) is 6.02. The molecule has 6 nitrogen and oxygen atoms in total. The summed E-state index contributed by atoms with van der Waals surface area (Å²) < 4.78 is 0. The van der Waals surface area contributed by atoms with Crippen LogP contribution in [0.4, 0.5) is 0 Å². The van der Waals surface area contributed by atoms with Crippen LogP contribution in [-0.2, 0) is 14.4 Å². The van der Waals surface area contributed by atoms with Gasteiger partial charge in [-0.15, -0.1) is 0 Å². The van der Waals surface area contributed by atoms with E-state index < -0.39 is 17.8 Å². The molecule has 1 aliphatic carbocycles. The lowest BCUT2D eigenvalue weighted by atomic mass is 9.95. The Morgan fingerprint density at radius 1 is 1.11 bits per heavy atom. The number of carbonyl (C=O) groups is 3. The first-order chi connectivity index (χ1) is 8.34. The van der Waals surface area contributed by atoms with Gasteiger partial charge in [0.05, 0.1) is 18.4 Å². The predicted octanol–water partition coefficient (Wildman–Crippen LogP) is 0.0339. The molecule has 0 aromatic carbocycles. The van der Waals surface area contributed by atoms with Crippen molar-refractivity contribution in [2.45, 2.75) is 19.3 Å². The summed E-state index contributed by atoms with van der Waals surface area (Å²) in [6, 6.07) is 0. The van der Waals surface area contributed by atoms with E-state index in [9.17, 15) is 14.4 Å². The van der Waals surface area contributed by atoms with Crippen LogP contribution in [0.1, 0.15) is 19.3 Å². The highest BCUT2D eigenvalue weighted by atomic mass is 16.4. The van der Waals surface area contributed by atoms with Crippen LogP contribution in [0.2, 0.25) is 0 Å². The van der Waals surface area contributed by atoms with Crippen molar-refractivity contribution in [3.63, 3.8) is 0 Å². The molecule has 0 heterocycles. The van der Waals surface area contributed by atoms with Crippen LogP contribution in [0.5, 0.6) is 0 Å². The molecule has 1 N–H and O–H groups in total. The van der Waals surface area contributed by atoms with Crippen molar-refractivity contribution >= 4 is 17.8 Å². The number of amides is 2. The second-order valence-corrected chi connectivity index (χ2v) is 4.96. The summed E-state index contributed by atoms with van der Waals surface area (Å²) in [5.41, 5.74) is 0. The second-order valence-electron chi connectivity index (χ2n) is 4.96. The Balaban J connectivity index is 2.63. The van der Waals surface area contributed by atoms with Crippen molar-refractivity contribution in [1.82, 2.24) is 9.80 Å². The number of carbonyl (C=O) groups excluding carboxylic acids is 2. The lowest BCUT2D eigenvalue weighted by molar-refractivity contribution is -0.149. The summed E-state index contributed by atoms with van der Waals surface area (Å²) >= 11 is 0. The number of nitrogens with zero attached hydrogens (tertiary/aromatic N) is 2. The number of hydrogen-bond acceptors (Lipinski definition) is 3. The Labute approximate surface area is 107 Å². The average Bonchev–Trinajstić information content (AvgIpc) is 2.76. The molecule has 1 saturated carbocycles. The van der Waals surface area contributed by atoms with E-state index >= 15 is 0 Å². The molecule has 0 aromatic rings. The molecule has 6 heteroatoms. The van der Waals surface area contributed by atoms with E-state index in [0.717, 1.165) is 6.42 Å². The summed E-state index contributed by atoms with van der Waals surface area (Å²) in [4.78, 5) is 37.4. The van der Waals surface area contributed by atoms with Crippen LogP contribution < -0.4 is 0 Å². The van der Waals surface area contributed by atoms with Gasteiger partial charge in [0, 0.05) is 21.1 Å². The lowest BCUT2D eigenvalue weighted by Gasteiger charge is -2.24. The highest BCUT2D eigenvalue weighted by Gasteiger charge is 2.39. The van der Waals surface area contributed by atoms with Crippen LogP contribution in [0.25, 0.3) is 0 Å². The van der Waals surface area contributed by atoms with Crippen molar-refractivity contribution in [1.29, 1.82) is 0 Å². The zero-order chi connectivity index (χ0) is 13.9. The molecular formula is C12H20N2O4. The molecule has 18 heavy (non-hydrogen) atoms. The normalized spacial score (nSPS) is 22.6. The van der Waals surface area contributed by atoms with Gasteiger partial charge in [0.25, 0.3) is 0 Å². The van der Waals surface area contributed by atoms with E-state index in [0.29, 0.717) is 12.8 Å². The molecular weight excluding hydrogens is 236 g/mol. The fourth-order valence-electron chi connectivity index (χ4n) is 2.26. The maximum atomic E-state index is 12.1. The first-order valence-corrected chi connectivity index (χ1v) is 6.02. The molecule has 0 saturated heterocycles. The Morgan fingerprint density at radius 2 is 1.67 bits per heavy atom. The molecule has 0 aliphatic heterocycles. The molecule has 102 valence electrons. The van der Waals surface area contributed by atoms with Crippen molar-refractivity contribution in [3.05, 3.63) is 0 Å². The predicted molar refractivity (Wildman–Crippen MR) is 64.8 cm³/mol. The molecule has 0 bridgehead atoms. The van der Waals surface area contributed by atoms with Gasteiger partial charge in [-0.05, 0) is 12.8 Å². The van der Waals surface area contributed by atoms with Gasteiger partial charge in [0.15, 0.2) is 0 Å². The SMILES string of the molecule is CN(C)C(=O)CN(C)C(=O)[C@@H]1CCC[C@@H]1C(=O)O. The standard InChI is InChI=1S/C12H20N2O4/c1-13(2)10(15)7-14(3)11(16)8-5-4-6-9(8)12(17)18/h8-9H,4-7H2,1-3H3,(H,17,18)/t8-,9+/m1/s1. The fraction of sp³-hybridized carbons (Fsp3) is 0.750. The molecule has 1 rings (SSSR count). The summed E-state index contributed by atoms with van der Waals surface area (Å²) in [5, 5.41) is 9.04. The van der Waals surface area contributed by atoms with Gasteiger partial charge in [-0.25, -0.2) is 0 Å². The Kier molecular flexibility index (Phi) is 4.69. The summed E-state index contributed by atoms with van der Waals surface area (Å²) in [5.74, 6) is -2.42. The molecule has 2 amide bonds. The van der Waals surface area contributed by atoms with Gasteiger partial charge >= 0.3 is 5.97 Å². The van der Waals surface area contributed by atoms with Crippen LogP contribution in [0, 0.1) is 11.8 Å². The van der Waals surface area contributed by atoms with E-state index in [-0.39, 0.29) is 18.4 Å². The summed E-state index contributed by atoms with van der Waals surface area (Å²) in [7, 11) is 4.79. The number of carboxylic acids is 1. The lowest BCUT2D eigenvalue weighted by Crippen LogP contribution is -2.42. The third-order valence-corrected chi connectivity index (χ3v) is 3.40. The van der Waals surface area contributed by atoms with E-state index in [1.54, 1.807) is 21.1 Å². The number of carboxylic acid groups (broad SMARTS) is 1. The first kappa shape index (κ1) is 14.5. The maximum absolute atomic E-state index is 12.1. The largest absolute Gasteiger partial charge is 0.481 e. The highest BCUT2D eigenvalue weighted by Crippen LogP contribution is 2.33. The van der Waals surface area contributed by atoms with Gasteiger partial charge in [-0.1, -0.05) is 6.42 Å². The summed E-state index contributed by atoms with van der Waals surface area (Å²) in [6.07, 6.45) is 1.89. The third kappa shape index (κ3) is 3.21. The van der Waals surface area contributed by atoms with E-state index in [1.165, 1.54) is 9.80 Å². The minimum absolute atomic E-state index is 0.00529. The molecule has 0 aromatic heterocycles. The minimum atomic E-state index is -0.918. The monoisotopic (exact) mass is 256 g/mol. The average molecular weight is 256 g/mol. The van der Waals surface area contributed by atoms with Gasteiger partial charge in [-0.2, -0.15) is 0 Å². The van der Waals surface area contributed by atoms with Crippen LogP contribution in [0.15, 0.2) is 0 Å². The smallest absolute Gasteiger partial charge is 0.307 e. The van der Waals surface area contributed by atoms with E-state index in [2.05, 4.69) is 0 Å². The highest BCUT2D eigenvalue weighted by molar-refractivity contribution is 5.88. The number of rotatable bonds is 4. The van der Waals surface area contributed by atoms with Crippen LogP contribution >= 0.6 is 0 Å². The maximum Gasteiger partial charge on any atom is 0.307 e. The summed E-state index contributed by atoms with van der Waals surface area (Å²) in [6.45, 7) is -0.00529. The number of likely N-dealkylation sites (N-methyl/N-ethyl adjacent to an activating group) is 2. The number of hydrogen-bond donors (Lipinski definition) is 1. The van der Waals surface area contributed by atoms with E-state index in [4.69, 9.17) is 5.11 Å². The Hall–Kier alpha value is -1.59. The third-order valence-electron chi connectivity index (χ3n) is 3.40. The zero-order valence-electron chi connectivity index (χ0n) is 11.0. The van der Waals surface area contributed by atoms with Gasteiger partial charge < -0.3 is 14.9 Å². The molecule has 0 spiro atoms. The van der Waals surface area contributed by atoms with Crippen molar-refractivity contribution < 1.29 is 19.5 Å². The number of aliphatic carboxylic acids is 1. The van der Waals surface area contributed by atoms with Crippen molar-refractivity contribution in [2.75, 3.05) is 27.7 Å². The van der Waals surface area contributed by atoms with E-state index in [1.807, 2.05) is 0 Å². The molecule has 1 aliphatic rings. The Bertz CT molecular complexity index is 354. The minimum Gasteiger partial charge on any atom is -0.481 e. The van der Waals surface area contributed by atoms with Crippen molar-refractivity contribution in [3.8, 4) is 0 Å². The zero-order valence-corrected chi connectivity index (χ0v) is 11.0. The Morgan fingerprint density at radius 3 is 2.17 bits per heavy atom. The molecule has 1 fully saturated rings. The van der Waals surface area contributed by atoms with Gasteiger partial charge in [0.1, 0.15) is 0 Å².